The highest BCUT2D eigenvalue weighted by molar-refractivity contribution is 5.89. The molecule has 3 amide bonds. The molecule has 4 aromatic carbocycles. The number of para-hydroxylation sites is 1. The molecule has 250 valence electrons. The van der Waals surface area contributed by atoms with E-state index in [1.54, 1.807) is 103 Å². The first kappa shape index (κ1) is 34.3. The van der Waals surface area contributed by atoms with Gasteiger partial charge in [0.1, 0.15) is 30.5 Å². The van der Waals surface area contributed by atoms with Gasteiger partial charge in [0, 0.05) is 24.9 Å². The lowest BCUT2D eigenvalue weighted by Crippen LogP contribution is -2.77. The van der Waals surface area contributed by atoms with Crippen molar-refractivity contribution < 1.29 is 38.7 Å². The molecule has 5 rings (SSSR count). The van der Waals surface area contributed by atoms with Crippen molar-refractivity contribution >= 4 is 23.9 Å². The number of ether oxygens (including phenoxy) is 1. The molecular formula is C38H37N4O7+. The number of nitrogens with one attached hydrogen (secondary N) is 1. The summed E-state index contributed by atoms with van der Waals surface area (Å²) in [4.78, 5) is 54.2. The lowest BCUT2D eigenvalue weighted by Gasteiger charge is -2.53. The van der Waals surface area contributed by atoms with Gasteiger partial charge in [-0.3, -0.25) is 9.59 Å². The van der Waals surface area contributed by atoms with Crippen LogP contribution >= 0.6 is 0 Å². The molecule has 1 unspecified atom stereocenters. The highest BCUT2D eigenvalue weighted by Crippen LogP contribution is 2.46. The normalized spacial score (nSPS) is 19.2. The predicted molar refractivity (Wildman–Crippen MR) is 179 cm³/mol. The molecule has 1 heterocycles. The van der Waals surface area contributed by atoms with Crippen molar-refractivity contribution in [3.8, 4) is 17.6 Å². The van der Waals surface area contributed by atoms with Gasteiger partial charge in [0.15, 0.2) is 0 Å². The summed E-state index contributed by atoms with van der Waals surface area (Å²) in [5.74, 6) is -3.31. The summed E-state index contributed by atoms with van der Waals surface area (Å²) in [6.45, 7) is -0.507. The van der Waals surface area contributed by atoms with E-state index in [0.717, 1.165) is 10.6 Å². The number of rotatable bonds is 12. The van der Waals surface area contributed by atoms with Gasteiger partial charge in [-0.1, -0.05) is 91.0 Å². The number of carbonyl (C=O) groups excluding carboxylic acids is 2. The van der Waals surface area contributed by atoms with Crippen LogP contribution in [0.25, 0.3) is 0 Å². The zero-order chi connectivity index (χ0) is 34.9. The van der Waals surface area contributed by atoms with E-state index < -0.39 is 40.4 Å². The fourth-order valence-electron chi connectivity index (χ4n) is 6.56. The number of hydrogen-bond acceptors (Lipinski definition) is 6. The Kier molecular flexibility index (Phi) is 10.7. The Balaban J connectivity index is 1.55. The first-order valence-electron chi connectivity index (χ1n) is 15.9. The van der Waals surface area contributed by atoms with E-state index >= 15 is 0 Å². The molecule has 1 saturated heterocycles. The molecule has 1 fully saturated rings. The third-order valence-electron chi connectivity index (χ3n) is 8.74. The topological polar surface area (TPSA) is 157 Å². The molecule has 49 heavy (non-hydrogen) atoms. The first-order valence-corrected chi connectivity index (χ1v) is 15.9. The van der Waals surface area contributed by atoms with Crippen LogP contribution in [0.1, 0.15) is 41.9 Å². The van der Waals surface area contributed by atoms with Gasteiger partial charge >= 0.3 is 12.1 Å². The molecule has 0 aromatic heterocycles. The molecular weight excluding hydrogens is 624 g/mol. The van der Waals surface area contributed by atoms with Gasteiger partial charge in [0.05, 0.1) is 12.5 Å². The molecule has 1 aliphatic heterocycles. The highest BCUT2D eigenvalue weighted by atomic mass is 16.5. The van der Waals surface area contributed by atoms with Crippen molar-refractivity contribution in [2.75, 3.05) is 13.1 Å². The lowest BCUT2D eigenvalue weighted by atomic mass is 9.74. The number of quaternary nitrogens is 1. The predicted octanol–water partition coefficient (Wildman–Crippen LogP) is 5.89. The van der Waals surface area contributed by atoms with E-state index in [0.29, 0.717) is 17.1 Å². The van der Waals surface area contributed by atoms with Crippen molar-refractivity contribution in [2.24, 2.45) is 0 Å². The largest absolute Gasteiger partial charge is 0.539 e. The number of hydrogen-bond donors (Lipinski definition) is 3. The van der Waals surface area contributed by atoms with Gasteiger partial charge in [-0.2, -0.15) is 15.1 Å². The SMILES string of the molecule is N#C[C@H](c1cccc(Oc2ccccc2)c1)[C@]1(C(=O)O)CCC[N+](Cc2ccccc2)(C(=O)O)N1C(=O)CCNC(=O)Cc1ccccc1. The molecule has 0 spiro atoms. The van der Waals surface area contributed by atoms with Crippen LogP contribution in [0, 0.1) is 11.3 Å². The first-order chi connectivity index (χ1) is 23.7. The van der Waals surface area contributed by atoms with Crippen LogP contribution in [0.4, 0.5) is 4.79 Å². The van der Waals surface area contributed by atoms with Crippen LogP contribution < -0.4 is 10.1 Å². The Morgan fingerprint density at radius 2 is 1.47 bits per heavy atom. The van der Waals surface area contributed by atoms with Crippen molar-refractivity contribution in [3.63, 3.8) is 0 Å². The summed E-state index contributed by atoms with van der Waals surface area (Å²) < 4.78 is 4.91. The van der Waals surface area contributed by atoms with Gasteiger partial charge in [-0.15, -0.1) is 4.59 Å². The van der Waals surface area contributed by atoms with Gasteiger partial charge in [-0.25, -0.2) is 4.79 Å². The maximum atomic E-state index is 14.4. The van der Waals surface area contributed by atoms with E-state index in [1.807, 2.05) is 12.1 Å². The van der Waals surface area contributed by atoms with Crippen molar-refractivity contribution in [1.82, 2.24) is 10.3 Å². The second-order valence-corrected chi connectivity index (χ2v) is 11.9. The average Bonchev–Trinajstić information content (AvgIpc) is 3.10. The summed E-state index contributed by atoms with van der Waals surface area (Å²) in [5.41, 5.74) is -0.715. The maximum absolute atomic E-state index is 14.4. The number of nitriles is 1. The minimum atomic E-state index is -2.29. The maximum Gasteiger partial charge on any atom is 0.539 e. The second kappa shape index (κ2) is 15.3. The van der Waals surface area contributed by atoms with Crippen molar-refractivity contribution in [3.05, 3.63) is 132 Å². The van der Waals surface area contributed by atoms with E-state index in [4.69, 9.17) is 4.74 Å². The number of carboxylic acid groups (broad SMARTS) is 2. The Bertz CT molecular complexity index is 1830. The van der Waals surface area contributed by atoms with Crippen LogP contribution in [-0.4, -0.2) is 62.3 Å². The molecule has 3 N–H and O–H groups in total. The minimum Gasteiger partial charge on any atom is -0.479 e. The van der Waals surface area contributed by atoms with E-state index in [9.17, 15) is 34.7 Å². The quantitative estimate of drug-likeness (QED) is 0.159. The van der Waals surface area contributed by atoms with Crippen molar-refractivity contribution in [2.45, 2.75) is 43.7 Å². The third kappa shape index (κ3) is 7.45. The van der Waals surface area contributed by atoms with Gasteiger partial charge in [0.2, 0.25) is 11.4 Å². The Morgan fingerprint density at radius 3 is 2.08 bits per heavy atom. The van der Waals surface area contributed by atoms with Gasteiger partial charge < -0.3 is 20.3 Å². The molecule has 3 atom stereocenters. The fourth-order valence-corrected chi connectivity index (χ4v) is 6.56. The smallest absolute Gasteiger partial charge is 0.479 e. The van der Waals surface area contributed by atoms with E-state index in [2.05, 4.69) is 11.4 Å². The number of amides is 3. The summed E-state index contributed by atoms with van der Waals surface area (Å²) in [7, 11) is 0. The minimum absolute atomic E-state index is 0.0683. The summed E-state index contributed by atoms with van der Waals surface area (Å²) >= 11 is 0. The summed E-state index contributed by atoms with van der Waals surface area (Å²) in [6, 6.07) is 35.1. The van der Waals surface area contributed by atoms with Crippen LogP contribution in [0.5, 0.6) is 11.5 Å². The number of benzene rings is 4. The standard InChI is InChI=1S/C38H36N4O7/c39-26-33(30-16-10-19-32(25-30)49-31-17-8-3-9-18-31)38(36(45)46)21-11-23-42(37(47)48,27-29-14-6-2-7-15-29)41(38)35(44)20-22-40-34(43)24-28-12-4-1-5-13-28/h1-10,12-19,25,33H,11,20-24,27H2,(H2-,40,43,45,46,47,48)/p+1/t33-,38+,42?/m1/s1. The fraction of sp³-hybridized carbons (Fsp3) is 0.237. The van der Waals surface area contributed by atoms with Gasteiger partial charge in [0.25, 0.3) is 5.91 Å². The molecule has 4 aromatic rings. The van der Waals surface area contributed by atoms with Crippen LogP contribution in [-0.2, 0) is 27.3 Å². The molecule has 0 aliphatic carbocycles. The number of aliphatic carboxylic acids is 1. The van der Waals surface area contributed by atoms with E-state index in [1.165, 1.54) is 0 Å². The molecule has 11 nitrogen and oxygen atoms in total. The van der Waals surface area contributed by atoms with E-state index in [-0.39, 0.29) is 50.4 Å². The van der Waals surface area contributed by atoms with Crippen LogP contribution in [0.15, 0.2) is 115 Å². The van der Waals surface area contributed by atoms with Crippen molar-refractivity contribution in [1.29, 1.82) is 5.26 Å². The molecule has 0 saturated carbocycles. The Morgan fingerprint density at radius 1 is 0.857 bits per heavy atom. The highest BCUT2D eigenvalue weighted by Gasteiger charge is 2.66. The molecule has 0 radical (unpaired) electrons. The summed E-state index contributed by atoms with van der Waals surface area (Å²) in [5, 5.41) is 36.3. The number of carbonyl (C=O) groups is 4. The zero-order valence-electron chi connectivity index (χ0n) is 26.8. The molecule has 0 bridgehead atoms. The Hall–Kier alpha value is -5.99. The lowest BCUT2D eigenvalue weighted by molar-refractivity contribution is -0.983. The molecule has 1 aliphatic rings. The number of nitrogens with zero attached hydrogens (tertiary/aromatic N) is 3. The number of carboxylic acids is 1. The summed E-state index contributed by atoms with van der Waals surface area (Å²) in [6.07, 6.45) is -1.85. The zero-order valence-corrected chi connectivity index (χ0v) is 26.8. The van der Waals surface area contributed by atoms with Crippen LogP contribution in [0.3, 0.4) is 0 Å². The monoisotopic (exact) mass is 661 g/mol. The average molecular weight is 662 g/mol. The Labute approximate surface area is 284 Å². The van der Waals surface area contributed by atoms with Gasteiger partial charge in [-0.05, 0) is 41.8 Å². The van der Waals surface area contributed by atoms with Crippen LogP contribution in [0.2, 0.25) is 0 Å². The second-order valence-electron chi connectivity index (χ2n) is 11.9. The third-order valence-corrected chi connectivity index (χ3v) is 8.74. The molecule has 11 heteroatoms.